The lowest BCUT2D eigenvalue weighted by Crippen LogP contribution is -2.20. The minimum absolute atomic E-state index is 0.0694. The fourth-order valence-corrected chi connectivity index (χ4v) is 2.66. The lowest BCUT2D eigenvalue weighted by molar-refractivity contribution is 0.497. The van der Waals surface area contributed by atoms with Gasteiger partial charge in [0.15, 0.2) is 12.5 Å². The van der Waals surface area contributed by atoms with Gasteiger partial charge in [0.1, 0.15) is 6.54 Å². The average Bonchev–Trinajstić information content (AvgIpc) is 3.57. The van der Waals surface area contributed by atoms with Crippen LogP contribution in [0, 0.1) is 21.7 Å². The minimum atomic E-state index is 0.0694. The molecule has 0 spiro atoms. The minimum Gasteiger partial charge on any atom is -0.243 e. The lowest BCUT2D eigenvalue weighted by atomic mass is 9.87. The van der Waals surface area contributed by atoms with Crippen molar-refractivity contribution in [2.45, 2.75) is 83.1 Å². The fourth-order valence-electron chi connectivity index (χ4n) is 2.66. The van der Waals surface area contributed by atoms with E-state index in [-0.39, 0.29) is 21.7 Å². The van der Waals surface area contributed by atoms with Gasteiger partial charge < -0.3 is 0 Å². The SMILES string of the molecule is CC(C)(C)C1=CCN=N1.CC(C)(C)C1=CN=NC1.CC(C)(C)C1=NCN=N1.CC(C)(C)C1=NN=NC1. The van der Waals surface area contributed by atoms with Crippen molar-refractivity contribution in [1.29, 1.82) is 0 Å². The first-order valence-corrected chi connectivity index (χ1v) is 12.4. The smallest absolute Gasteiger partial charge is 0.153 e. The van der Waals surface area contributed by atoms with Crippen LogP contribution in [-0.4, -0.2) is 37.9 Å². The normalized spacial score (nSPS) is 18.3. The van der Waals surface area contributed by atoms with Crippen molar-refractivity contribution < 1.29 is 0 Å². The molecular formula is C26H46N10. The molecule has 0 atom stereocenters. The molecular weight excluding hydrogens is 452 g/mol. The van der Waals surface area contributed by atoms with Gasteiger partial charge in [0, 0.05) is 16.2 Å². The standard InChI is InChI=1S/2C7H12N2.2C6H11N3/c1-7(2,3)6-4-8-9-5-6;1-7(2,3)6-4-5-8-9-6;1-6(2,3)5-7-4-8-9-5;1-6(2,3)5-4-7-9-8-5/h2*4H,5H2,1-3H3;2*4H2,1-3H3. The molecule has 0 fully saturated rings. The van der Waals surface area contributed by atoms with E-state index < -0.39 is 0 Å². The number of rotatable bonds is 0. The molecule has 0 saturated heterocycles. The van der Waals surface area contributed by atoms with Gasteiger partial charge in [-0.15, -0.1) is 10.2 Å². The molecule has 0 N–H and O–H groups in total. The molecule has 36 heavy (non-hydrogen) atoms. The fraction of sp³-hybridized carbons (Fsp3) is 0.769. The van der Waals surface area contributed by atoms with Crippen LogP contribution in [0.25, 0.3) is 0 Å². The summed E-state index contributed by atoms with van der Waals surface area (Å²) in [5.74, 6) is 0.863. The maximum absolute atomic E-state index is 4.09. The number of azo groups is 3. The highest BCUT2D eigenvalue weighted by molar-refractivity contribution is 5.91. The molecule has 0 aliphatic carbocycles. The molecule has 0 saturated carbocycles. The molecule has 0 unspecified atom stereocenters. The second kappa shape index (κ2) is 13.0. The number of nitrogens with zero attached hydrogens (tertiary/aromatic N) is 10. The van der Waals surface area contributed by atoms with Gasteiger partial charge in [-0.05, 0) is 22.3 Å². The molecule has 4 aliphatic heterocycles. The van der Waals surface area contributed by atoms with Crippen LogP contribution in [0.4, 0.5) is 0 Å². The highest BCUT2D eigenvalue weighted by Crippen LogP contribution is 2.28. The van der Waals surface area contributed by atoms with E-state index in [1.807, 2.05) is 6.20 Å². The van der Waals surface area contributed by atoms with Crippen molar-refractivity contribution in [2.24, 2.45) is 72.8 Å². The van der Waals surface area contributed by atoms with Gasteiger partial charge in [-0.1, -0.05) is 83.1 Å². The van der Waals surface area contributed by atoms with Gasteiger partial charge >= 0.3 is 0 Å². The third-order valence-corrected chi connectivity index (χ3v) is 5.25. The molecule has 4 rings (SSSR count). The predicted octanol–water partition coefficient (Wildman–Crippen LogP) is 8.47. The maximum atomic E-state index is 4.09. The van der Waals surface area contributed by atoms with E-state index in [0.717, 1.165) is 30.3 Å². The molecule has 10 nitrogen and oxygen atoms in total. The van der Waals surface area contributed by atoms with Crippen molar-refractivity contribution in [1.82, 2.24) is 0 Å². The van der Waals surface area contributed by atoms with Crippen molar-refractivity contribution in [2.75, 3.05) is 26.3 Å². The van der Waals surface area contributed by atoms with Crippen LogP contribution in [0.3, 0.4) is 0 Å². The van der Waals surface area contributed by atoms with Gasteiger partial charge in [-0.25, -0.2) is 4.99 Å². The van der Waals surface area contributed by atoms with Crippen LogP contribution in [0.5, 0.6) is 0 Å². The molecule has 0 aromatic rings. The van der Waals surface area contributed by atoms with E-state index in [1.54, 1.807) is 0 Å². The summed E-state index contributed by atoms with van der Waals surface area (Å²) in [5, 5.41) is 34.3. The van der Waals surface area contributed by atoms with E-state index in [0.29, 0.717) is 13.2 Å². The zero-order valence-corrected chi connectivity index (χ0v) is 24.5. The monoisotopic (exact) mass is 498 g/mol. The van der Waals surface area contributed by atoms with Crippen molar-refractivity contribution in [3.63, 3.8) is 0 Å². The Bertz CT molecular complexity index is 884. The van der Waals surface area contributed by atoms with E-state index in [4.69, 9.17) is 0 Å². The number of amidine groups is 1. The van der Waals surface area contributed by atoms with Gasteiger partial charge in [0.05, 0.1) is 30.7 Å². The van der Waals surface area contributed by atoms with Gasteiger partial charge in [0.2, 0.25) is 0 Å². The summed E-state index contributed by atoms with van der Waals surface area (Å²) in [6.07, 6.45) is 3.93. The Morgan fingerprint density at radius 3 is 1.53 bits per heavy atom. The summed E-state index contributed by atoms with van der Waals surface area (Å²) in [6, 6.07) is 0. The summed E-state index contributed by atoms with van der Waals surface area (Å²) in [4.78, 5) is 4.09. The first-order valence-electron chi connectivity index (χ1n) is 12.4. The molecule has 0 radical (unpaired) electrons. The quantitative estimate of drug-likeness (QED) is 0.318. The Morgan fingerprint density at radius 2 is 1.31 bits per heavy atom. The second-order valence-corrected chi connectivity index (χ2v) is 12.9. The molecule has 4 heterocycles. The number of hydrogen-bond donors (Lipinski definition) is 0. The average molecular weight is 499 g/mol. The first-order chi connectivity index (χ1) is 16.4. The summed E-state index contributed by atoms with van der Waals surface area (Å²) >= 11 is 0. The predicted molar refractivity (Wildman–Crippen MR) is 148 cm³/mol. The third-order valence-electron chi connectivity index (χ3n) is 5.25. The first kappa shape index (κ1) is 31.3. The Hall–Kier alpha value is -2.78. The molecule has 200 valence electrons. The van der Waals surface area contributed by atoms with E-state index in [1.165, 1.54) is 5.57 Å². The summed E-state index contributed by atoms with van der Waals surface area (Å²) < 4.78 is 0. The van der Waals surface area contributed by atoms with Crippen molar-refractivity contribution >= 4 is 11.5 Å². The topological polar surface area (TPSA) is 124 Å². The Kier molecular flexibility index (Phi) is 11.3. The molecule has 0 bridgehead atoms. The van der Waals surface area contributed by atoms with Gasteiger partial charge in [0.25, 0.3) is 0 Å². The van der Waals surface area contributed by atoms with Crippen LogP contribution in [0.2, 0.25) is 0 Å². The summed E-state index contributed by atoms with van der Waals surface area (Å²) in [6.45, 7) is 28.3. The number of aliphatic imine (C=N–C) groups is 1. The van der Waals surface area contributed by atoms with E-state index >= 15 is 0 Å². The number of allylic oxidation sites excluding steroid dienone is 1. The maximum Gasteiger partial charge on any atom is 0.153 e. The molecule has 0 amide bonds. The van der Waals surface area contributed by atoms with Crippen LogP contribution in [0.1, 0.15) is 83.1 Å². The summed E-state index contributed by atoms with van der Waals surface area (Å²) in [7, 11) is 0. The second-order valence-electron chi connectivity index (χ2n) is 12.9. The largest absolute Gasteiger partial charge is 0.243 e. The highest BCUT2D eigenvalue weighted by atomic mass is 15.4. The number of hydrogen-bond acceptors (Lipinski definition) is 10. The molecule has 0 aromatic heterocycles. The summed E-state index contributed by atoms with van der Waals surface area (Å²) in [5.41, 5.74) is 4.15. The highest BCUT2D eigenvalue weighted by Gasteiger charge is 2.21. The van der Waals surface area contributed by atoms with Crippen LogP contribution >= 0.6 is 0 Å². The Balaban J connectivity index is 0.000000240. The Labute approximate surface area is 217 Å². The van der Waals surface area contributed by atoms with Crippen molar-refractivity contribution in [3.8, 4) is 0 Å². The van der Waals surface area contributed by atoms with Crippen LogP contribution < -0.4 is 0 Å². The Morgan fingerprint density at radius 1 is 0.639 bits per heavy atom. The molecule has 4 aliphatic rings. The molecule has 10 heteroatoms. The van der Waals surface area contributed by atoms with E-state index in [2.05, 4.69) is 140 Å². The van der Waals surface area contributed by atoms with Crippen LogP contribution in [-0.2, 0) is 0 Å². The van der Waals surface area contributed by atoms with Crippen molar-refractivity contribution in [3.05, 3.63) is 23.5 Å². The van der Waals surface area contributed by atoms with Gasteiger partial charge in [-0.2, -0.15) is 30.7 Å². The third kappa shape index (κ3) is 11.8. The van der Waals surface area contributed by atoms with E-state index in [9.17, 15) is 0 Å². The lowest BCUT2D eigenvalue weighted by Gasteiger charge is -2.17. The van der Waals surface area contributed by atoms with Gasteiger partial charge in [-0.3, -0.25) is 0 Å². The zero-order valence-electron chi connectivity index (χ0n) is 24.5. The van der Waals surface area contributed by atoms with Crippen LogP contribution in [0.15, 0.2) is 74.7 Å². The molecule has 0 aromatic carbocycles. The zero-order chi connectivity index (χ0) is 27.6.